The fourth-order valence-electron chi connectivity index (χ4n) is 3.26. The minimum absolute atomic E-state index is 0.00439. The van der Waals surface area contributed by atoms with Crippen LogP contribution in [0.3, 0.4) is 0 Å². The Morgan fingerprint density at radius 1 is 1.42 bits per heavy atom. The van der Waals surface area contributed by atoms with Crippen LogP contribution in [0.15, 0.2) is 34.9 Å². The smallest absolute Gasteiger partial charge is 0.230 e. The van der Waals surface area contributed by atoms with E-state index in [0.29, 0.717) is 31.2 Å². The summed E-state index contributed by atoms with van der Waals surface area (Å²) in [6.07, 6.45) is 3.09. The molecule has 1 atom stereocenters. The van der Waals surface area contributed by atoms with Gasteiger partial charge in [-0.1, -0.05) is 12.1 Å². The number of benzene rings is 1. The minimum Gasteiger partial charge on any atom is -0.446 e. The topological polar surface area (TPSA) is 66.6 Å². The van der Waals surface area contributed by atoms with Crippen LogP contribution in [0.1, 0.15) is 23.6 Å². The van der Waals surface area contributed by atoms with E-state index in [2.05, 4.69) is 4.98 Å². The SMILES string of the molecule is Cc1ncc(CC(=O)N2CCC(CO)(Cc3ccc(F)cc3)C2)o1. The van der Waals surface area contributed by atoms with Crippen molar-refractivity contribution in [2.24, 2.45) is 5.41 Å². The minimum atomic E-state index is -0.370. The first-order valence-electron chi connectivity index (χ1n) is 8.04. The van der Waals surface area contributed by atoms with Gasteiger partial charge in [-0.15, -0.1) is 0 Å². The number of aliphatic hydroxyl groups is 1. The van der Waals surface area contributed by atoms with Crippen molar-refractivity contribution in [2.45, 2.75) is 26.2 Å². The predicted octanol–water partition coefficient (Wildman–Crippen LogP) is 2.12. The molecule has 0 spiro atoms. The molecule has 1 unspecified atom stereocenters. The van der Waals surface area contributed by atoms with Gasteiger partial charge in [0.25, 0.3) is 0 Å². The first-order chi connectivity index (χ1) is 11.5. The predicted molar refractivity (Wildman–Crippen MR) is 85.8 cm³/mol. The number of halogens is 1. The molecule has 1 saturated heterocycles. The molecule has 6 heteroatoms. The van der Waals surface area contributed by atoms with E-state index in [1.807, 2.05) is 0 Å². The molecular weight excluding hydrogens is 311 g/mol. The van der Waals surface area contributed by atoms with Gasteiger partial charge in [0.15, 0.2) is 5.89 Å². The van der Waals surface area contributed by atoms with Crippen molar-refractivity contribution in [1.29, 1.82) is 0 Å². The summed E-state index contributed by atoms with van der Waals surface area (Å²) in [6.45, 7) is 2.83. The zero-order valence-electron chi connectivity index (χ0n) is 13.7. The van der Waals surface area contributed by atoms with E-state index in [1.165, 1.54) is 12.1 Å². The molecule has 1 fully saturated rings. The third-order valence-electron chi connectivity index (χ3n) is 4.61. The second-order valence-electron chi connectivity index (χ2n) is 6.55. The van der Waals surface area contributed by atoms with Crippen LogP contribution < -0.4 is 0 Å². The number of carbonyl (C=O) groups is 1. The van der Waals surface area contributed by atoms with Crippen LogP contribution in [0.4, 0.5) is 4.39 Å². The lowest BCUT2D eigenvalue weighted by Crippen LogP contribution is -2.36. The van der Waals surface area contributed by atoms with Crippen molar-refractivity contribution >= 4 is 5.91 Å². The molecule has 2 aromatic rings. The summed E-state index contributed by atoms with van der Waals surface area (Å²) in [4.78, 5) is 18.2. The highest BCUT2D eigenvalue weighted by Gasteiger charge is 2.39. The summed E-state index contributed by atoms with van der Waals surface area (Å²) < 4.78 is 18.4. The van der Waals surface area contributed by atoms with Crippen LogP contribution in [0.2, 0.25) is 0 Å². The number of carbonyl (C=O) groups excluding carboxylic acids is 1. The standard InChI is InChI=1S/C18H21FN2O3/c1-13-20-10-16(24-13)8-17(23)21-7-6-18(11-21,12-22)9-14-2-4-15(19)5-3-14/h2-5,10,22H,6-9,11-12H2,1H3. The molecule has 0 bridgehead atoms. The van der Waals surface area contributed by atoms with E-state index in [-0.39, 0.29) is 30.2 Å². The molecule has 24 heavy (non-hydrogen) atoms. The molecule has 2 heterocycles. The highest BCUT2D eigenvalue weighted by molar-refractivity contribution is 5.78. The molecule has 3 rings (SSSR count). The van der Waals surface area contributed by atoms with Crippen molar-refractivity contribution in [3.63, 3.8) is 0 Å². The molecule has 1 aromatic heterocycles. The Balaban J connectivity index is 1.64. The Hall–Kier alpha value is -2.21. The Morgan fingerprint density at radius 3 is 2.79 bits per heavy atom. The molecule has 1 aromatic carbocycles. The van der Waals surface area contributed by atoms with E-state index in [0.717, 1.165) is 12.0 Å². The lowest BCUT2D eigenvalue weighted by Gasteiger charge is -2.27. The number of hydrogen-bond acceptors (Lipinski definition) is 4. The summed E-state index contributed by atoms with van der Waals surface area (Å²) in [5, 5.41) is 9.88. The molecule has 1 N–H and O–H groups in total. The van der Waals surface area contributed by atoms with Gasteiger partial charge in [-0.25, -0.2) is 9.37 Å². The zero-order chi connectivity index (χ0) is 17.2. The normalized spacial score (nSPS) is 20.5. The van der Waals surface area contributed by atoms with Crippen molar-refractivity contribution in [3.8, 4) is 0 Å². The fraction of sp³-hybridized carbons (Fsp3) is 0.444. The average Bonchev–Trinajstić information content (AvgIpc) is 3.17. The summed E-state index contributed by atoms with van der Waals surface area (Å²) in [5.74, 6) is 0.792. The summed E-state index contributed by atoms with van der Waals surface area (Å²) in [7, 11) is 0. The van der Waals surface area contributed by atoms with Gasteiger partial charge in [0, 0.05) is 25.4 Å². The van der Waals surface area contributed by atoms with Gasteiger partial charge in [-0.3, -0.25) is 4.79 Å². The summed E-state index contributed by atoms with van der Waals surface area (Å²) >= 11 is 0. The number of oxazole rings is 1. The Labute approximate surface area is 140 Å². The summed E-state index contributed by atoms with van der Waals surface area (Å²) in [5.41, 5.74) is 0.593. The van der Waals surface area contributed by atoms with Crippen LogP contribution in [0.5, 0.6) is 0 Å². The molecule has 5 nitrogen and oxygen atoms in total. The lowest BCUT2D eigenvalue weighted by molar-refractivity contribution is -0.130. The van der Waals surface area contributed by atoms with E-state index >= 15 is 0 Å². The van der Waals surface area contributed by atoms with Crippen LogP contribution in [-0.4, -0.2) is 40.6 Å². The van der Waals surface area contributed by atoms with Gasteiger partial charge in [-0.05, 0) is 30.5 Å². The van der Waals surface area contributed by atoms with Crippen molar-refractivity contribution in [3.05, 3.63) is 53.5 Å². The number of hydrogen-bond donors (Lipinski definition) is 1. The number of rotatable bonds is 5. The van der Waals surface area contributed by atoms with E-state index < -0.39 is 0 Å². The molecular formula is C18H21FN2O3. The van der Waals surface area contributed by atoms with Gasteiger partial charge >= 0.3 is 0 Å². The van der Waals surface area contributed by atoms with Gasteiger partial charge in [0.1, 0.15) is 11.6 Å². The van der Waals surface area contributed by atoms with Gasteiger partial charge in [0.2, 0.25) is 5.91 Å². The number of aromatic nitrogens is 1. The highest BCUT2D eigenvalue weighted by atomic mass is 19.1. The van der Waals surface area contributed by atoms with Gasteiger partial charge in [0.05, 0.1) is 19.2 Å². The molecule has 1 amide bonds. The van der Waals surface area contributed by atoms with Crippen LogP contribution in [0.25, 0.3) is 0 Å². The maximum Gasteiger partial charge on any atom is 0.230 e. The number of amides is 1. The molecule has 1 aliphatic rings. The van der Waals surface area contributed by atoms with Crippen LogP contribution in [0, 0.1) is 18.2 Å². The quantitative estimate of drug-likeness (QED) is 0.911. The Kier molecular flexibility index (Phi) is 4.66. The molecule has 0 saturated carbocycles. The third-order valence-corrected chi connectivity index (χ3v) is 4.61. The second kappa shape index (κ2) is 6.73. The maximum absolute atomic E-state index is 13.0. The van der Waals surface area contributed by atoms with Crippen molar-refractivity contribution < 1.29 is 18.7 Å². The molecule has 0 aliphatic carbocycles. The molecule has 0 radical (unpaired) electrons. The van der Waals surface area contributed by atoms with Gasteiger partial charge < -0.3 is 14.4 Å². The van der Waals surface area contributed by atoms with Crippen molar-refractivity contribution in [2.75, 3.05) is 19.7 Å². The lowest BCUT2D eigenvalue weighted by atomic mass is 9.81. The Bertz CT molecular complexity index is 713. The monoisotopic (exact) mass is 332 g/mol. The highest BCUT2D eigenvalue weighted by Crippen LogP contribution is 2.34. The number of likely N-dealkylation sites (tertiary alicyclic amines) is 1. The largest absolute Gasteiger partial charge is 0.446 e. The second-order valence-corrected chi connectivity index (χ2v) is 6.55. The van der Waals surface area contributed by atoms with E-state index in [9.17, 15) is 14.3 Å². The summed E-state index contributed by atoms with van der Waals surface area (Å²) in [6, 6.07) is 6.30. The number of aryl methyl sites for hydroxylation is 1. The van der Waals surface area contributed by atoms with Gasteiger partial charge in [-0.2, -0.15) is 0 Å². The van der Waals surface area contributed by atoms with E-state index in [4.69, 9.17) is 4.42 Å². The fourth-order valence-corrected chi connectivity index (χ4v) is 3.26. The molecule has 1 aliphatic heterocycles. The number of aliphatic hydroxyl groups excluding tert-OH is 1. The molecule has 128 valence electrons. The third kappa shape index (κ3) is 3.64. The van der Waals surface area contributed by atoms with Crippen LogP contribution >= 0.6 is 0 Å². The Morgan fingerprint density at radius 2 is 2.17 bits per heavy atom. The van der Waals surface area contributed by atoms with E-state index in [1.54, 1.807) is 30.2 Å². The zero-order valence-corrected chi connectivity index (χ0v) is 13.7. The van der Waals surface area contributed by atoms with Crippen molar-refractivity contribution in [1.82, 2.24) is 9.88 Å². The number of nitrogens with zero attached hydrogens (tertiary/aromatic N) is 2. The van der Waals surface area contributed by atoms with Crippen LogP contribution in [-0.2, 0) is 17.6 Å². The first-order valence-corrected chi connectivity index (χ1v) is 8.04. The maximum atomic E-state index is 13.0. The first kappa shape index (κ1) is 16.6. The average molecular weight is 332 g/mol.